The van der Waals surface area contributed by atoms with E-state index in [9.17, 15) is 9.59 Å². The van der Waals surface area contributed by atoms with Crippen LogP contribution >= 0.6 is 0 Å². The van der Waals surface area contributed by atoms with E-state index < -0.39 is 11.4 Å². The van der Waals surface area contributed by atoms with Crippen LogP contribution in [0.5, 0.6) is 0 Å². The van der Waals surface area contributed by atoms with E-state index in [0.717, 1.165) is 5.69 Å². The maximum absolute atomic E-state index is 11.2. The zero-order valence-electron chi connectivity index (χ0n) is 7.77. The van der Waals surface area contributed by atoms with Gasteiger partial charge in [0, 0.05) is 12.7 Å². The third-order valence-corrected chi connectivity index (χ3v) is 2.01. The lowest BCUT2D eigenvalue weighted by atomic mass is 10.3. The Morgan fingerprint density at radius 1 is 1.36 bits per heavy atom. The highest BCUT2D eigenvalue weighted by Crippen LogP contribution is 2.04. The van der Waals surface area contributed by atoms with Crippen molar-refractivity contribution in [2.24, 2.45) is 7.05 Å². The summed E-state index contributed by atoms with van der Waals surface area (Å²) in [6.45, 7) is 1.79. The Morgan fingerprint density at radius 3 is 2.79 bits per heavy atom. The van der Waals surface area contributed by atoms with Crippen LogP contribution in [0.15, 0.2) is 26.1 Å². The molecule has 0 saturated carbocycles. The van der Waals surface area contributed by atoms with E-state index in [4.69, 9.17) is 0 Å². The van der Waals surface area contributed by atoms with Gasteiger partial charge in [0.1, 0.15) is 5.39 Å². The molecule has 0 aliphatic carbocycles. The second-order valence-electron chi connectivity index (χ2n) is 3.04. The Bertz CT molecular complexity index is 609. The molecule has 0 amide bonds. The maximum atomic E-state index is 11.2. The standard InChI is InChI=1S/C9H8N2O3/c1-5-3-4-6-7(10-5)11(2)9(13)14-8(6)12/h3-4H,1-2H3. The molecule has 0 N–H and O–H groups in total. The molecule has 0 atom stereocenters. The van der Waals surface area contributed by atoms with Gasteiger partial charge in [0.2, 0.25) is 0 Å². The van der Waals surface area contributed by atoms with Crippen LogP contribution < -0.4 is 11.4 Å². The van der Waals surface area contributed by atoms with Gasteiger partial charge >= 0.3 is 11.4 Å². The summed E-state index contributed by atoms with van der Waals surface area (Å²) < 4.78 is 5.68. The van der Waals surface area contributed by atoms with Gasteiger partial charge in [-0.2, -0.15) is 0 Å². The predicted molar refractivity (Wildman–Crippen MR) is 50.3 cm³/mol. The summed E-state index contributed by atoms with van der Waals surface area (Å²) in [7, 11) is 1.51. The number of hydrogen-bond donors (Lipinski definition) is 0. The number of rotatable bonds is 0. The van der Waals surface area contributed by atoms with Gasteiger partial charge in [-0.15, -0.1) is 0 Å². The van der Waals surface area contributed by atoms with Crippen molar-refractivity contribution in [3.8, 4) is 0 Å². The van der Waals surface area contributed by atoms with Gasteiger partial charge < -0.3 is 4.42 Å². The summed E-state index contributed by atoms with van der Waals surface area (Å²) in [5.74, 6) is -0.694. The van der Waals surface area contributed by atoms with Crippen molar-refractivity contribution in [1.29, 1.82) is 0 Å². The van der Waals surface area contributed by atoms with Crippen molar-refractivity contribution in [2.45, 2.75) is 6.92 Å². The molecular weight excluding hydrogens is 184 g/mol. The summed E-state index contributed by atoms with van der Waals surface area (Å²) in [5.41, 5.74) is 0.458. The van der Waals surface area contributed by atoms with Crippen molar-refractivity contribution in [2.75, 3.05) is 0 Å². The first kappa shape index (κ1) is 8.68. The molecule has 0 spiro atoms. The fraction of sp³-hybridized carbons (Fsp3) is 0.222. The van der Waals surface area contributed by atoms with Crippen molar-refractivity contribution in [1.82, 2.24) is 9.55 Å². The first-order chi connectivity index (χ1) is 6.59. The van der Waals surface area contributed by atoms with Gasteiger partial charge in [-0.3, -0.25) is 4.57 Å². The van der Waals surface area contributed by atoms with Gasteiger partial charge in [0.15, 0.2) is 5.65 Å². The van der Waals surface area contributed by atoms with Crippen molar-refractivity contribution < 1.29 is 4.42 Å². The Labute approximate surface area is 78.6 Å². The number of nitrogens with zero attached hydrogens (tertiary/aromatic N) is 2. The number of hydrogen-bond acceptors (Lipinski definition) is 4. The number of aromatic nitrogens is 2. The minimum atomic E-state index is -0.694. The Kier molecular flexibility index (Phi) is 1.73. The van der Waals surface area contributed by atoms with E-state index in [1.54, 1.807) is 19.1 Å². The van der Waals surface area contributed by atoms with E-state index in [2.05, 4.69) is 9.40 Å². The Hall–Kier alpha value is -1.91. The Balaban J connectivity index is 3.11. The van der Waals surface area contributed by atoms with Gasteiger partial charge in [-0.25, -0.2) is 14.6 Å². The van der Waals surface area contributed by atoms with Crippen LogP contribution in [0, 0.1) is 6.92 Å². The molecule has 5 heteroatoms. The lowest BCUT2D eigenvalue weighted by molar-refractivity contribution is 0.431. The predicted octanol–water partition coefficient (Wildman–Crippen LogP) is 0.195. The normalized spacial score (nSPS) is 10.7. The minimum Gasteiger partial charge on any atom is -0.372 e. The van der Waals surface area contributed by atoms with E-state index in [1.165, 1.54) is 11.6 Å². The van der Waals surface area contributed by atoms with Gasteiger partial charge in [0.05, 0.1) is 0 Å². The second kappa shape index (κ2) is 2.80. The summed E-state index contributed by atoms with van der Waals surface area (Å²) in [5, 5.41) is 0.317. The highest BCUT2D eigenvalue weighted by atomic mass is 16.4. The quantitative estimate of drug-likeness (QED) is 0.597. The summed E-state index contributed by atoms with van der Waals surface area (Å²) >= 11 is 0. The highest BCUT2D eigenvalue weighted by Gasteiger charge is 2.06. The second-order valence-corrected chi connectivity index (χ2v) is 3.04. The van der Waals surface area contributed by atoms with Gasteiger partial charge in [-0.05, 0) is 19.1 Å². The van der Waals surface area contributed by atoms with Crippen molar-refractivity contribution in [3.05, 3.63) is 38.8 Å². The summed E-state index contributed by atoms with van der Waals surface area (Å²) in [6.07, 6.45) is 0. The van der Waals surface area contributed by atoms with Crippen molar-refractivity contribution in [3.63, 3.8) is 0 Å². The lowest BCUT2D eigenvalue weighted by Gasteiger charge is -2.01. The summed E-state index contributed by atoms with van der Waals surface area (Å²) in [6, 6.07) is 3.30. The number of aryl methyl sites for hydroxylation is 2. The molecule has 14 heavy (non-hydrogen) atoms. The van der Waals surface area contributed by atoms with Crippen LogP contribution in [0.4, 0.5) is 0 Å². The minimum absolute atomic E-state index is 0.317. The zero-order chi connectivity index (χ0) is 10.3. The SMILES string of the molecule is Cc1ccc2c(=O)oc(=O)n(C)c2n1. The van der Waals surface area contributed by atoms with Crippen LogP contribution in [0.25, 0.3) is 11.0 Å². The van der Waals surface area contributed by atoms with Crippen LogP contribution in [0.2, 0.25) is 0 Å². The maximum Gasteiger partial charge on any atom is 0.423 e. The topological polar surface area (TPSA) is 65.1 Å². The molecule has 0 aliphatic heterocycles. The fourth-order valence-corrected chi connectivity index (χ4v) is 1.25. The molecule has 0 bridgehead atoms. The fourth-order valence-electron chi connectivity index (χ4n) is 1.25. The molecule has 0 radical (unpaired) electrons. The molecule has 2 aromatic rings. The molecule has 0 fully saturated rings. The molecule has 2 heterocycles. The first-order valence-electron chi connectivity index (χ1n) is 4.07. The molecular formula is C9H8N2O3. The van der Waals surface area contributed by atoms with Crippen LogP contribution in [-0.4, -0.2) is 9.55 Å². The molecule has 0 aliphatic rings. The zero-order valence-corrected chi connectivity index (χ0v) is 7.77. The first-order valence-corrected chi connectivity index (χ1v) is 4.07. The lowest BCUT2D eigenvalue weighted by Crippen LogP contribution is -2.23. The molecule has 0 aromatic carbocycles. The van der Waals surface area contributed by atoms with E-state index in [0.29, 0.717) is 11.0 Å². The molecule has 0 unspecified atom stereocenters. The average Bonchev–Trinajstić information content (AvgIpc) is 2.14. The highest BCUT2D eigenvalue weighted by molar-refractivity contribution is 5.73. The van der Waals surface area contributed by atoms with E-state index >= 15 is 0 Å². The molecule has 5 nitrogen and oxygen atoms in total. The monoisotopic (exact) mass is 192 g/mol. The number of pyridine rings is 1. The number of fused-ring (bicyclic) bond motifs is 1. The molecule has 72 valence electrons. The third kappa shape index (κ3) is 1.14. The Morgan fingerprint density at radius 2 is 2.07 bits per heavy atom. The molecule has 0 saturated heterocycles. The van der Waals surface area contributed by atoms with Gasteiger partial charge in [0.25, 0.3) is 0 Å². The molecule has 2 aromatic heterocycles. The largest absolute Gasteiger partial charge is 0.423 e. The third-order valence-electron chi connectivity index (χ3n) is 2.01. The molecule has 2 rings (SSSR count). The van der Waals surface area contributed by atoms with Crippen LogP contribution in [0.1, 0.15) is 5.69 Å². The van der Waals surface area contributed by atoms with Crippen molar-refractivity contribution >= 4 is 11.0 Å². The summed E-state index contributed by atoms with van der Waals surface area (Å²) in [4.78, 5) is 26.5. The van der Waals surface area contributed by atoms with Crippen LogP contribution in [-0.2, 0) is 7.05 Å². The van der Waals surface area contributed by atoms with E-state index in [1.807, 2.05) is 0 Å². The smallest absolute Gasteiger partial charge is 0.372 e. The van der Waals surface area contributed by atoms with Gasteiger partial charge in [-0.1, -0.05) is 0 Å². The van der Waals surface area contributed by atoms with E-state index in [-0.39, 0.29) is 0 Å². The average molecular weight is 192 g/mol. The van der Waals surface area contributed by atoms with Crippen LogP contribution in [0.3, 0.4) is 0 Å².